The molecule has 1 fully saturated rings. The highest BCUT2D eigenvalue weighted by molar-refractivity contribution is 9.10. The summed E-state index contributed by atoms with van der Waals surface area (Å²) in [4.78, 5) is 22.2. The van der Waals surface area contributed by atoms with Crippen molar-refractivity contribution in [3.8, 4) is 0 Å². The zero-order chi connectivity index (χ0) is 22.7. The number of halogens is 3. The van der Waals surface area contributed by atoms with E-state index in [1.54, 1.807) is 37.5 Å². The first-order chi connectivity index (χ1) is 15.5. The van der Waals surface area contributed by atoms with Crippen LogP contribution in [0.3, 0.4) is 0 Å². The molecule has 0 bridgehead atoms. The molecule has 170 valence electrons. The lowest BCUT2D eigenvalue weighted by atomic mass is 10.1. The van der Waals surface area contributed by atoms with E-state index in [9.17, 15) is 4.79 Å². The van der Waals surface area contributed by atoms with Gasteiger partial charge in [-0.2, -0.15) is 0 Å². The van der Waals surface area contributed by atoms with Crippen LogP contribution in [-0.2, 0) is 16.1 Å². The average Bonchev–Trinajstić information content (AvgIpc) is 3.18. The van der Waals surface area contributed by atoms with Crippen molar-refractivity contribution in [2.45, 2.75) is 38.8 Å². The van der Waals surface area contributed by atoms with Gasteiger partial charge in [-0.1, -0.05) is 27.5 Å². The van der Waals surface area contributed by atoms with Crippen LogP contribution in [0.4, 0.5) is 15.8 Å². The third kappa shape index (κ3) is 4.91. The molecule has 10 heteroatoms. The molecule has 2 aromatic carbocycles. The Kier molecular flexibility index (Phi) is 7.30. The van der Waals surface area contributed by atoms with E-state index in [2.05, 4.69) is 31.7 Å². The third-order valence-electron chi connectivity index (χ3n) is 5.28. The Labute approximate surface area is 198 Å². The zero-order valence-electron chi connectivity index (χ0n) is 17.5. The van der Waals surface area contributed by atoms with Crippen LogP contribution in [0.2, 0.25) is 5.02 Å². The molecular formula is C22H23BrClFN4O3. The Bertz CT molecular complexity index is 1130. The second-order valence-corrected chi connectivity index (χ2v) is 8.80. The molecule has 0 spiro atoms. The van der Waals surface area contributed by atoms with Gasteiger partial charge in [0.15, 0.2) is 5.82 Å². The van der Waals surface area contributed by atoms with E-state index < -0.39 is 11.7 Å². The first-order valence-electron chi connectivity index (χ1n) is 10.4. The van der Waals surface area contributed by atoms with Crippen LogP contribution in [0, 0.1) is 5.82 Å². The number of benzene rings is 2. The van der Waals surface area contributed by atoms with Crippen LogP contribution in [-0.4, -0.2) is 34.8 Å². The van der Waals surface area contributed by atoms with Crippen LogP contribution in [0.5, 0.6) is 0 Å². The maximum Gasteiger partial charge on any atom is 0.277 e. The largest absolute Gasteiger partial charge is 0.376 e. The molecule has 1 unspecified atom stereocenters. The zero-order valence-corrected chi connectivity index (χ0v) is 19.8. The van der Waals surface area contributed by atoms with Gasteiger partial charge in [-0.05, 0) is 50.5 Å². The number of carbonyl (C=O) groups excluding carboxylic acids is 1. The summed E-state index contributed by atoms with van der Waals surface area (Å²) in [7, 11) is 0. The average molecular weight is 526 g/mol. The van der Waals surface area contributed by atoms with E-state index in [-0.39, 0.29) is 29.5 Å². The number of carbonyl (C=O) groups is 1. The van der Waals surface area contributed by atoms with Gasteiger partial charge in [0.05, 0.1) is 53.1 Å². The number of hydroxylamine groups is 1. The smallest absolute Gasteiger partial charge is 0.277 e. The number of imidazole rings is 1. The summed E-state index contributed by atoms with van der Waals surface area (Å²) in [5, 5.41) is 3.33. The lowest BCUT2D eigenvalue weighted by molar-refractivity contribution is 0.00661. The molecule has 1 saturated heterocycles. The molecular weight excluding hydrogens is 503 g/mol. The highest BCUT2D eigenvalue weighted by atomic mass is 79.9. The van der Waals surface area contributed by atoms with E-state index in [1.165, 1.54) is 0 Å². The summed E-state index contributed by atoms with van der Waals surface area (Å²) in [6, 6.07) is 6.75. The minimum absolute atomic E-state index is 0.0295. The highest BCUT2D eigenvalue weighted by Gasteiger charge is 2.24. The van der Waals surface area contributed by atoms with Crippen LogP contribution in [0.1, 0.15) is 36.5 Å². The molecule has 2 heterocycles. The fraction of sp³-hybridized carbons (Fsp3) is 0.364. The first-order valence-corrected chi connectivity index (χ1v) is 11.6. The third-order valence-corrected chi connectivity index (χ3v) is 6.08. The Morgan fingerprint density at radius 3 is 2.97 bits per heavy atom. The number of hydrogen-bond donors (Lipinski definition) is 2. The molecule has 3 aromatic rings. The molecule has 1 aromatic heterocycles. The van der Waals surface area contributed by atoms with Crippen molar-refractivity contribution >= 4 is 55.8 Å². The lowest BCUT2D eigenvalue weighted by Gasteiger charge is -2.23. The molecule has 1 aliphatic rings. The van der Waals surface area contributed by atoms with E-state index in [0.717, 1.165) is 30.3 Å². The SMILES string of the molecule is CCONC(=O)c1cc2c(ncn2CC2CCCCO2)c(F)c1Nc1ccc(Br)cc1Cl. The maximum absolute atomic E-state index is 15.7. The minimum Gasteiger partial charge on any atom is -0.376 e. The molecule has 1 amide bonds. The van der Waals surface area contributed by atoms with Crippen molar-refractivity contribution in [3.63, 3.8) is 0 Å². The number of rotatable bonds is 7. The Morgan fingerprint density at radius 1 is 1.41 bits per heavy atom. The Morgan fingerprint density at radius 2 is 2.25 bits per heavy atom. The number of ether oxygens (including phenoxy) is 1. The monoisotopic (exact) mass is 524 g/mol. The van der Waals surface area contributed by atoms with E-state index in [4.69, 9.17) is 21.2 Å². The van der Waals surface area contributed by atoms with Crippen LogP contribution >= 0.6 is 27.5 Å². The molecule has 4 rings (SSSR count). The van der Waals surface area contributed by atoms with E-state index in [0.29, 0.717) is 22.8 Å². The number of anilines is 2. The minimum atomic E-state index is -0.647. The normalized spacial score (nSPS) is 16.3. The fourth-order valence-electron chi connectivity index (χ4n) is 3.69. The van der Waals surface area contributed by atoms with Gasteiger partial charge in [-0.15, -0.1) is 0 Å². The summed E-state index contributed by atoms with van der Waals surface area (Å²) < 4.78 is 24.1. The van der Waals surface area contributed by atoms with Crippen LogP contribution in [0.25, 0.3) is 11.0 Å². The van der Waals surface area contributed by atoms with E-state index >= 15 is 4.39 Å². The van der Waals surface area contributed by atoms with Gasteiger partial charge in [0.25, 0.3) is 5.91 Å². The predicted molar refractivity (Wildman–Crippen MR) is 125 cm³/mol. The molecule has 0 saturated carbocycles. The molecule has 0 radical (unpaired) electrons. The predicted octanol–water partition coefficient (Wildman–Crippen LogP) is 5.59. The number of nitrogens with zero attached hydrogens (tertiary/aromatic N) is 2. The standard InChI is InChI=1S/C22H23BrClFN4O3/c1-2-32-28-22(30)15-10-18-21(26-12-29(18)11-14-5-3-4-8-31-14)19(25)20(15)27-17-7-6-13(23)9-16(17)24/h6-7,9-10,12,14,27H,2-5,8,11H2,1H3,(H,28,30). The Balaban J connectivity index is 1.76. The van der Waals surface area contributed by atoms with Gasteiger partial charge >= 0.3 is 0 Å². The molecule has 0 aliphatic carbocycles. The van der Waals surface area contributed by atoms with Crippen LogP contribution in [0.15, 0.2) is 35.1 Å². The molecule has 7 nitrogen and oxygen atoms in total. The summed E-state index contributed by atoms with van der Waals surface area (Å²) in [6.07, 6.45) is 4.68. The molecule has 32 heavy (non-hydrogen) atoms. The number of nitrogens with one attached hydrogen (secondary N) is 2. The second-order valence-electron chi connectivity index (χ2n) is 7.48. The number of amides is 1. The van der Waals surface area contributed by atoms with Crippen molar-refractivity contribution < 1.29 is 18.8 Å². The maximum atomic E-state index is 15.7. The number of hydrogen-bond acceptors (Lipinski definition) is 5. The van der Waals surface area contributed by atoms with Gasteiger partial charge in [0.1, 0.15) is 5.52 Å². The first kappa shape index (κ1) is 23.0. The van der Waals surface area contributed by atoms with Gasteiger partial charge < -0.3 is 14.6 Å². The summed E-state index contributed by atoms with van der Waals surface area (Å²) in [5.74, 6) is -1.23. The molecule has 1 atom stereocenters. The summed E-state index contributed by atoms with van der Waals surface area (Å²) in [6.45, 7) is 3.27. The van der Waals surface area contributed by atoms with E-state index in [1.807, 2.05) is 4.57 Å². The van der Waals surface area contributed by atoms with Gasteiger partial charge in [0, 0.05) is 11.1 Å². The van der Waals surface area contributed by atoms with Crippen LogP contribution < -0.4 is 10.8 Å². The van der Waals surface area contributed by atoms with Crippen molar-refractivity contribution in [1.82, 2.24) is 15.0 Å². The number of fused-ring (bicyclic) bond motifs is 1. The van der Waals surface area contributed by atoms with Gasteiger partial charge in [-0.25, -0.2) is 14.9 Å². The second kappa shape index (κ2) is 10.2. The summed E-state index contributed by atoms with van der Waals surface area (Å²) >= 11 is 9.65. The summed E-state index contributed by atoms with van der Waals surface area (Å²) in [5.41, 5.74) is 3.51. The highest BCUT2D eigenvalue weighted by Crippen LogP contribution is 2.34. The number of aromatic nitrogens is 2. The van der Waals surface area contributed by atoms with Crippen molar-refractivity contribution in [2.75, 3.05) is 18.5 Å². The van der Waals surface area contributed by atoms with Crippen molar-refractivity contribution in [2.24, 2.45) is 0 Å². The quantitative estimate of drug-likeness (QED) is 0.394. The Hall–Kier alpha value is -2.20. The van der Waals surface area contributed by atoms with Crippen molar-refractivity contribution in [3.05, 3.63) is 51.5 Å². The molecule has 2 N–H and O–H groups in total. The van der Waals surface area contributed by atoms with Gasteiger partial charge in [-0.3, -0.25) is 9.63 Å². The molecule has 1 aliphatic heterocycles. The lowest BCUT2D eigenvalue weighted by Crippen LogP contribution is -2.25. The van der Waals surface area contributed by atoms with Crippen molar-refractivity contribution in [1.29, 1.82) is 0 Å². The van der Waals surface area contributed by atoms with Gasteiger partial charge in [0.2, 0.25) is 0 Å². The topological polar surface area (TPSA) is 77.4 Å². The fourth-order valence-corrected chi connectivity index (χ4v) is 4.41.